The van der Waals surface area contributed by atoms with Gasteiger partial charge in [0.2, 0.25) is 5.91 Å². The van der Waals surface area contributed by atoms with Crippen LogP contribution in [0.2, 0.25) is 0 Å². The van der Waals surface area contributed by atoms with Crippen LogP contribution in [0.3, 0.4) is 0 Å². The van der Waals surface area contributed by atoms with Gasteiger partial charge in [-0.05, 0) is 24.1 Å². The number of carbonyl (C=O) groups is 2. The summed E-state index contributed by atoms with van der Waals surface area (Å²) in [5, 5.41) is 21.4. The largest absolute Gasteiger partial charge is 0.508 e. The van der Waals surface area contributed by atoms with Gasteiger partial charge in [-0.1, -0.05) is 12.1 Å². The van der Waals surface area contributed by atoms with E-state index in [0.717, 1.165) is 5.56 Å². The lowest BCUT2D eigenvalue weighted by atomic mass is 10.1. The van der Waals surface area contributed by atoms with E-state index in [4.69, 9.17) is 0 Å². The van der Waals surface area contributed by atoms with Gasteiger partial charge in [0.05, 0.1) is 0 Å². The van der Waals surface area contributed by atoms with E-state index in [0.29, 0.717) is 39.1 Å². The summed E-state index contributed by atoms with van der Waals surface area (Å²) in [4.78, 5) is 27.0. The van der Waals surface area contributed by atoms with Crippen molar-refractivity contribution < 1.29 is 14.7 Å². The van der Waals surface area contributed by atoms with E-state index in [1.165, 1.54) is 13.1 Å². The van der Waals surface area contributed by atoms with Crippen molar-refractivity contribution in [2.45, 2.75) is 13.3 Å². The van der Waals surface area contributed by atoms with Crippen LogP contribution in [0.25, 0.3) is 0 Å². The molecule has 0 radical (unpaired) electrons. The van der Waals surface area contributed by atoms with Gasteiger partial charge < -0.3 is 20.2 Å². The Morgan fingerprint density at radius 1 is 1.20 bits per heavy atom. The van der Waals surface area contributed by atoms with Crippen LogP contribution >= 0.6 is 0 Å². The third-order valence-electron chi connectivity index (χ3n) is 4.10. The molecular formula is C18H22N4O3. The molecule has 2 amide bonds. The van der Waals surface area contributed by atoms with Gasteiger partial charge in [-0.2, -0.15) is 5.26 Å². The molecule has 1 aromatic carbocycles. The van der Waals surface area contributed by atoms with Crippen LogP contribution in [0.15, 0.2) is 36.0 Å². The number of aromatic hydroxyl groups is 1. The van der Waals surface area contributed by atoms with Gasteiger partial charge in [0.1, 0.15) is 17.4 Å². The Morgan fingerprint density at radius 2 is 1.80 bits per heavy atom. The Labute approximate surface area is 147 Å². The number of nitrogens with zero attached hydrogens (tertiary/aromatic N) is 3. The van der Waals surface area contributed by atoms with Crippen molar-refractivity contribution in [1.82, 2.24) is 15.1 Å². The van der Waals surface area contributed by atoms with Gasteiger partial charge in [-0.25, -0.2) is 0 Å². The summed E-state index contributed by atoms with van der Waals surface area (Å²) >= 11 is 0. The number of hydrogen-bond acceptors (Lipinski definition) is 5. The molecule has 1 aliphatic rings. The second kappa shape index (κ2) is 8.73. The minimum atomic E-state index is -0.317. The molecule has 25 heavy (non-hydrogen) atoms. The number of hydrogen-bond donors (Lipinski definition) is 2. The summed E-state index contributed by atoms with van der Waals surface area (Å²) in [6.07, 6.45) is 2.15. The molecule has 0 atom stereocenters. The van der Waals surface area contributed by atoms with Gasteiger partial charge in [-0.3, -0.25) is 9.59 Å². The fourth-order valence-corrected chi connectivity index (χ4v) is 2.59. The van der Waals surface area contributed by atoms with Crippen LogP contribution < -0.4 is 5.32 Å². The summed E-state index contributed by atoms with van der Waals surface area (Å²) in [5.74, 6) is -0.0966. The van der Waals surface area contributed by atoms with Crippen molar-refractivity contribution in [2.75, 3.05) is 32.7 Å². The van der Waals surface area contributed by atoms with Crippen LogP contribution in [0.5, 0.6) is 5.75 Å². The first-order valence-corrected chi connectivity index (χ1v) is 8.17. The number of nitriles is 1. The Kier molecular flexibility index (Phi) is 6.40. The smallest absolute Gasteiger partial charge is 0.266 e. The molecule has 0 saturated carbocycles. The van der Waals surface area contributed by atoms with Crippen molar-refractivity contribution in [2.24, 2.45) is 0 Å². The summed E-state index contributed by atoms with van der Waals surface area (Å²) in [7, 11) is 0. The van der Waals surface area contributed by atoms with E-state index in [9.17, 15) is 20.0 Å². The van der Waals surface area contributed by atoms with E-state index in [2.05, 4.69) is 5.32 Å². The molecule has 2 rings (SSSR count). The average Bonchev–Trinajstić information content (AvgIpc) is 2.63. The number of phenols is 1. The summed E-state index contributed by atoms with van der Waals surface area (Å²) in [6, 6.07) is 8.83. The van der Waals surface area contributed by atoms with Crippen LogP contribution in [-0.4, -0.2) is 59.4 Å². The van der Waals surface area contributed by atoms with Crippen LogP contribution in [0, 0.1) is 11.3 Å². The highest BCUT2D eigenvalue weighted by molar-refractivity contribution is 5.97. The predicted molar refractivity (Wildman–Crippen MR) is 92.3 cm³/mol. The minimum absolute atomic E-state index is 0.000884. The predicted octanol–water partition coefficient (Wildman–Crippen LogP) is 0.622. The van der Waals surface area contributed by atoms with Crippen molar-refractivity contribution in [3.05, 3.63) is 41.6 Å². The lowest BCUT2D eigenvalue weighted by molar-refractivity contribution is -0.136. The lowest BCUT2D eigenvalue weighted by Gasteiger charge is -2.34. The normalized spacial score (nSPS) is 14.8. The quantitative estimate of drug-likeness (QED) is 0.465. The van der Waals surface area contributed by atoms with E-state index >= 15 is 0 Å². The lowest BCUT2D eigenvalue weighted by Crippen LogP contribution is -2.50. The maximum Gasteiger partial charge on any atom is 0.266 e. The third-order valence-corrected chi connectivity index (χ3v) is 4.10. The fourth-order valence-electron chi connectivity index (χ4n) is 2.59. The van der Waals surface area contributed by atoms with E-state index in [1.54, 1.807) is 21.9 Å². The van der Waals surface area contributed by atoms with Gasteiger partial charge in [-0.15, -0.1) is 0 Å². The third kappa shape index (κ3) is 5.24. The summed E-state index contributed by atoms with van der Waals surface area (Å²) < 4.78 is 0. The topological polar surface area (TPSA) is 96.7 Å². The molecule has 132 valence electrons. The second-order valence-electron chi connectivity index (χ2n) is 5.84. The molecule has 1 aromatic rings. The Hall–Kier alpha value is -3.01. The highest BCUT2D eigenvalue weighted by Crippen LogP contribution is 2.10. The Balaban J connectivity index is 1.83. The number of nitrogens with one attached hydrogen (secondary N) is 1. The van der Waals surface area contributed by atoms with E-state index < -0.39 is 0 Å². The molecule has 1 saturated heterocycles. The molecule has 2 N–H and O–H groups in total. The number of amides is 2. The number of rotatable bonds is 5. The first-order valence-electron chi connectivity index (χ1n) is 8.17. The number of carbonyl (C=O) groups excluding carboxylic acids is 2. The zero-order chi connectivity index (χ0) is 18.2. The van der Waals surface area contributed by atoms with Crippen molar-refractivity contribution >= 4 is 11.8 Å². The van der Waals surface area contributed by atoms with Gasteiger partial charge >= 0.3 is 0 Å². The molecule has 1 aliphatic heterocycles. The monoisotopic (exact) mass is 342 g/mol. The van der Waals surface area contributed by atoms with E-state index in [1.807, 2.05) is 18.2 Å². The summed E-state index contributed by atoms with van der Waals surface area (Å²) in [6.45, 7) is 3.94. The second-order valence-corrected chi connectivity index (χ2v) is 5.84. The molecule has 0 unspecified atom stereocenters. The van der Waals surface area contributed by atoms with Gasteiger partial charge in [0.25, 0.3) is 5.91 Å². The summed E-state index contributed by atoms with van der Waals surface area (Å²) in [5.41, 5.74) is 1.10. The average molecular weight is 342 g/mol. The maximum absolute atomic E-state index is 12.4. The van der Waals surface area contributed by atoms with Crippen LogP contribution in [0.1, 0.15) is 12.5 Å². The molecule has 0 aliphatic carbocycles. The Bertz CT molecular complexity index is 683. The number of piperazine rings is 1. The van der Waals surface area contributed by atoms with Gasteiger partial charge in [0, 0.05) is 45.8 Å². The first-order chi connectivity index (χ1) is 12.0. The molecule has 0 spiro atoms. The number of benzene rings is 1. The Morgan fingerprint density at radius 3 is 2.36 bits per heavy atom. The van der Waals surface area contributed by atoms with Crippen LogP contribution in [-0.2, 0) is 16.0 Å². The number of phenolic OH excluding ortho intramolecular Hbond substituents is 1. The minimum Gasteiger partial charge on any atom is -0.508 e. The van der Waals surface area contributed by atoms with Crippen molar-refractivity contribution in [3.8, 4) is 11.8 Å². The highest BCUT2D eigenvalue weighted by atomic mass is 16.3. The molecule has 0 aromatic heterocycles. The molecule has 7 nitrogen and oxygen atoms in total. The zero-order valence-corrected chi connectivity index (χ0v) is 14.2. The molecule has 7 heteroatoms. The molecule has 1 fully saturated rings. The fraction of sp³-hybridized carbons (Fsp3) is 0.389. The van der Waals surface area contributed by atoms with Crippen LogP contribution in [0.4, 0.5) is 0 Å². The first kappa shape index (κ1) is 18.3. The van der Waals surface area contributed by atoms with Crippen molar-refractivity contribution in [3.63, 3.8) is 0 Å². The standard InChI is InChI=1S/C18H22N4O3/c1-14(23)21-8-10-22(11-9-21)18(25)16(12-19)13-20-7-6-15-2-4-17(24)5-3-15/h2-5,13,20,24H,6-11H2,1H3/b16-13-. The SMILES string of the molecule is CC(=O)N1CCN(C(=O)/C(C#N)=C\NCCc2ccc(O)cc2)CC1. The maximum atomic E-state index is 12.4. The van der Waals surface area contributed by atoms with Crippen molar-refractivity contribution in [1.29, 1.82) is 5.26 Å². The van der Waals surface area contributed by atoms with Gasteiger partial charge in [0.15, 0.2) is 0 Å². The molecular weight excluding hydrogens is 320 g/mol. The molecule has 1 heterocycles. The highest BCUT2D eigenvalue weighted by Gasteiger charge is 2.24. The zero-order valence-electron chi connectivity index (χ0n) is 14.2. The van der Waals surface area contributed by atoms with E-state index in [-0.39, 0.29) is 23.1 Å². The molecule has 0 bridgehead atoms.